The second kappa shape index (κ2) is 7.53. The molecule has 0 fully saturated rings. The minimum absolute atomic E-state index is 0.0639. The average molecular weight is 397 g/mol. The molecule has 146 valence electrons. The summed E-state index contributed by atoms with van der Waals surface area (Å²) in [6.45, 7) is 0. The van der Waals surface area contributed by atoms with E-state index in [9.17, 15) is 35.1 Å². The minimum Gasteiger partial charge on any atom is -0.426 e. The van der Waals surface area contributed by atoms with Gasteiger partial charge in [0.1, 0.15) is 11.4 Å². The molecule has 27 heavy (non-hydrogen) atoms. The van der Waals surface area contributed by atoms with Crippen LogP contribution in [0.5, 0.6) is 5.75 Å². The Kier molecular flexibility index (Phi) is 5.76. The highest BCUT2D eigenvalue weighted by molar-refractivity contribution is 5.51. The molecule has 2 aromatic rings. The van der Waals surface area contributed by atoms with E-state index in [1.54, 1.807) is 0 Å². The molecule has 0 atom stereocenters. The summed E-state index contributed by atoms with van der Waals surface area (Å²) in [6, 6.07) is 6.77. The number of benzene rings is 1. The van der Waals surface area contributed by atoms with Crippen molar-refractivity contribution in [3.8, 4) is 5.75 Å². The molecule has 0 aliphatic heterocycles. The van der Waals surface area contributed by atoms with Crippen LogP contribution in [0.1, 0.15) is 16.8 Å². The van der Waals surface area contributed by atoms with Gasteiger partial charge in [-0.25, -0.2) is 0 Å². The van der Waals surface area contributed by atoms with Gasteiger partial charge in [-0.2, -0.15) is 35.1 Å². The molecule has 0 aliphatic carbocycles. The Labute approximate surface area is 148 Å². The minimum atomic E-state index is -5.86. The fourth-order valence-electron chi connectivity index (χ4n) is 2.03. The monoisotopic (exact) mass is 397 g/mol. The van der Waals surface area contributed by atoms with Gasteiger partial charge in [0.05, 0.1) is 0 Å². The van der Waals surface area contributed by atoms with Crippen LogP contribution >= 0.6 is 0 Å². The van der Waals surface area contributed by atoms with Crippen molar-refractivity contribution >= 4 is 6.08 Å². The van der Waals surface area contributed by atoms with Gasteiger partial charge in [-0.3, -0.25) is 4.98 Å². The van der Waals surface area contributed by atoms with E-state index < -0.39 is 29.9 Å². The normalized spacial score (nSPS) is 13.2. The highest BCUT2D eigenvalue weighted by atomic mass is 19.4. The number of aromatic nitrogens is 1. The van der Waals surface area contributed by atoms with Crippen LogP contribution in [0.3, 0.4) is 0 Å². The van der Waals surface area contributed by atoms with E-state index >= 15 is 0 Å². The molecule has 0 saturated heterocycles. The van der Waals surface area contributed by atoms with Crippen molar-refractivity contribution in [3.63, 3.8) is 0 Å². The average Bonchev–Trinajstić information content (AvgIpc) is 2.55. The number of ether oxygens (including phenoxy) is 1. The third kappa shape index (κ3) is 5.41. The van der Waals surface area contributed by atoms with E-state index in [2.05, 4.69) is 9.72 Å². The van der Waals surface area contributed by atoms with Gasteiger partial charge in [0.2, 0.25) is 0 Å². The lowest BCUT2D eigenvalue weighted by molar-refractivity contribution is -0.360. The van der Waals surface area contributed by atoms with E-state index in [1.165, 1.54) is 36.4 Å². The zero-order valence-corrected chi connectivity index (χ0v) is 13.3. The first-order chi connectivity index (χ1) is 12.4. The number of rotatable bonds is 5. The standard InChI is InChI=1S/C17H11F8NO/c18-15(19,20)14-12(5-2-10-26-14)4-1-3-11-6-8-13(9-7-11)27-17(24,25)16(21,22)23/h1-3,5-10H,4H2. The molecular weight excluding hydrogens is 386 g/mol. The number of alkyl halides is 8. The number of allylic oxidation sites excluding steroid dienone is 1. The molecule has 0 N–H and O–H groups in total. The van der Waals surface area contributed by atoms with Crippen molar-refractivity contribution < 1.29 is 39.9 Å². The molecule has 1 aromatic carbocycles. The molecule has 10 heteroatoms. The van der Waals surface area contributed by atoms with Crippen molar-refractivity contribution in [2.24, 2.45) is 0 Å². The van der Waals surface area contributed by atoms with E-state index in [0.29, 0.717) is 5.56 Å². The van der Waals surface area contributed by atoms with Crippen LogP contribution in [-0.2, 0) is 12.6 Å². The number of pyridine rings is 1. The predicted molar refractivity (Wildman–Crippen MR) is 80.0 cm³/mol. The Balaban J connectivity index is 2.06. The second-order valence-electron chi connectivity index (χ2n) is 5.30. The number of nitrogens with zero attached hydrogens (tertiary/aromatic N) is 1. The second-order valence-corrected chi connectivity index (χ2v) is 5.30. The Hall–Kier alpha value is -2.65. The highest BCUT2D eigenvalue weighted by Gasteiger charge is 2.61. The number of halogens is 8. The van der Waals surface area contributed by atoms with E-state index in [4.69, 9.17) is 0 Å². The topological polar surface area (TPSA) is 22.1 Å². The fraction of sp³-hybridized carbons (Fsp3) is 0.235. The molecule has 2 rings (SSSR count). The van der Waals surface area contributed by atoms with Crippen LogP contribution in [0.15, 0.2) is 48.7 Å². The SMILES string of the molecule is FC(F)(F)c1ncccc1CC=Cc1ccc(OC(F)(F)C(F)(F)F)cc1. The van der Waals surface area contributed by atoms with Gasteiger partial charge >= 0.3 is 18.5 Å². The zero-order chi connectivity index (χ0) is 20.3. The van der Waals surface area contributed by atoms with E-state index in [-0.39, 0.29) is 12.0 Å². The van der Waals surface area contributed by atoms with Crippen LogP contribution in [0, 0.1) is 0 Å². The maximum Gasteiger partial charge on any atom is 0.499 e. The van der Waals surface area contributed by atoms with Gasteiger partial charge in [0, 0.05) is 6.20 Å². The summed E-state index contributed by atoms with van der Waals surface area (Å²) in [4.78, 5) is 3.30. The summed E-state index contributed by atoms with van der Waals surface area (Å²) in [5.74, 6) is -0.707. The lowest BCUT2D eigenvalue weighted by atomic mass is 10.1. The molecule has 0 amide bonds. The third-order valence-corrected chi connectivity index (χ3v) is 3.26. The maximum absolute atomic E-state index is 12.8. The fourth-order valence-corrected chi connectivity index (χ4v) is 2.03. The summed E-state index contributed by atoms with van der Waals surface area (Å²) >= 11 is 0. The van der Waals surface area contributed by atoms with E-state index in [0.717, 1.165) is 18.3 Å². The summed E-state index contributed by atoms with van der Waals surface area (Å²) in [6.07, 6.45) is -12.1. The first-order valence-corrected chi connectivity index (χ1v) is 7.31. The predicted octanol–water partition coefficient (Wildman–Crippen LogP) is 5.89. The smallest absolute Gasteiger partial charge is 0.426 e. The quantitative estimate of drug-likeness (QED) is 0.587. The third-order valence-electron chi connectivity index (χ3n) is 3.26. The van der Waals surface area contributed by atoms with Gasteiger partial charge in [-0.15, -0.1) is 0 Å². The largest absolute Gasteiger partial charge is 0.499 e. The van der Waals surface area contributed by atoms with Crippen LogP contribution in [0.4, 0.5) is 35.1 Å². The molecule has 0 unspecified atom stereocenters. The maximum atomic E-state index is 12.8. The van der Waals surface area contributed by atoms with Crippen molar-refractivity contribution in [3.05, 3.63) is 65.5 Å². The van der Waals surface area contributed by atoms with Gasteiger partial charge in [-0.05, 0) is 35.7 Å². The summed E-state index contributed by atoms with van der Waals surface area (Å²) < 4.78 is 104. The van der Waals surface area contributed by atoms with Crippen molar-refractivity contribution in [1.82, 2.24) is 4.98 Å². The molecule has 0 spiro atoms. The summed E-state index contributed by atoms with van der Waals surface area (Å²) in [7, 11) is 0. The van der Waals surface area contributed by atoms with Gasteiger partial charge < -0.3 is 4.74 Å². The van der Waals surface area contributed by atoms with Crippen LogP contribution < -0.4 is 4.74 Å². The van der Waals surface area contributed by atoms with Crippen LogP contribution in [0.25, 0.3) is 6.08 Å². The highest BCUT2D eigenvalue weighted by Crippen LogP contribution is 2.37. The Morgan fingerprint density at radius 1 is 0.889 bits per heavy atom. The summed E-state index contributed by atoms with van der Waals surface area (Å²) in [5, 5.41) is 0. The molecular formula is C17H11F8NO. The van der Waals surface area contributed by atoms with Crippen LogP contribution in [-0.4, -0.2) is 17.3 Å². The van der Waals surface area contributed by atoms with Crippen LogP contribution in [0.2, 0.25) is 0 Å². The molecule has 2 nitrogen and oxygen atoms in total. The number of hydrogen-bond acceptors (Lipinski definition) is 2. The first kappa shape index (κ1) is 20.7. The van der Waals surface area contributed by atoms with Crippen molar-refractivity contribution in [2.75, 3.05) is 0 Å². The lowest BCUT2D eigenvalue weighted by Crippen LogP contribution is -2.41. The summed E-state index contributed by atoms with van der Waals surface area (Å²) in [5.41, 5.74) is -0.714. The van der Waals surface area contributed by atoms with Gasteiger partial charge in [-0.1, -0.05) is 30.4 Å². The molecule has 0 aliphatic rings. The Morgan fingerprint density at radius 2 is 1.52 bits per heavy atom. The van der Waals surface area contributed by atoms with Gasteiger partial charge in [0.25, 0.3) is 0 Å². The number of hydrogen-bond donors (Lipinski definition) is 0. The first-order valence-electron chi connectivity index (χ1n) is 7.31. The molecule has 0 saturated carbocycles. The van der Waals surface area contributed by atoms with Crippen molar-refractivity contribution in [1.29, 1.82) is 0 Å². The molecule has 0 bridgehead atoms. The molecule has 1 heterocycles. The van der Waals surface area contributed by atoms with Crippen molar-refractivity contribution in [2.45, 2.75) is 24.9 Å². The zero-order valence-electron chi connectivity index (χ0n) is 13.3. The van der Waals surface area contributed by atoms with Gasteiger partial charge in [0.15, 0.2) is 0 Å². The Bertz CT molecular complexity index is 794. The Morgan fingerprint density at radius 3 is 2.07 bits per heavy atom. The molecule has 1 aromatic heterocycles. The van der Waals surface area contributed by atoms with E-state index in [1.807, 2.05) is 0 Å². The molecule has 0 radical (unpaired) electrons. The lowest BCUT2D eigenvalue weighted by Gasteiger charge is -2.20.